The van der Waals surface area contributed by atoms with E-state index < -0.39 is 0 Å². The Balaban J connectivity index is 1.77. The normalized spacial score (nSPS) is 25.7. The maximum atomic E-state index is 5.87. The van der Waals surface area contributed by atoms with E-state index in [1.807, 2.05) is 0 Å². The van der Waals surface area contributed by atoms with Gasteiger partial charge in [-0.3, -0.25) is 0 Å². The van der Waals surface area contributed by atoms with Crippen molar-refractivity contribution in [3.8, 4) is 0 Å². The Morgan fingerprint density at radius 2 is 2.00 bits per heavy atom. The van der Waals surface area contributed by atoms with Gasteiger partial charge in [0.15, 0.2) is 0 Å². The molecule has 2 fully saturated rings. The summed E-state index contributed by atoms with van der Waals surface area (Å²) in [5.74, 6) is 3.04. The fraction of sp³-hybridized carbons (Fsp3) is 0.722. The third-order valence-corrected chi connectivity index (χ3v) is 5.28. The highest BCUT2D eigenvalue weighted by molar-refractivity contribution is 5.43. The molecule has 3 rings (SSSR count). The summed E-state index contributed by atoms with van der Waals surface area (Å²) in [6.07, 6.45) is 9.29. The summed E-state index contributed by atoms with van der Waals surface area (Å²) >= 11 is 0. The summed E-state index contributed by atoms with van der Waals surface area (Å²) in [5.41, 5.74) is 8.31. The van der Waals surface area contributed by atoms with Gasteiger partial charge in [0, 0.05) is 25.3 Å². The van der Waals surface area contributed by atoms with Gasteiger partial charge in [-0.15, -0.1) is 0 Å². The molecule has 3 heteroatoms. The molecule has 1 aromatic heterocycles. The predicted octanol–water partition coefficient (Wildman–Crippen LogP) is 3.51. The Morgan fingerprint density at radius 3 is 2.76 bits per heavy atom. The smallest absolute Gasteiger partial charge is 0.129 e. The third kappa shape index (κ3) is 3.39. The van der Waals surface area contributed by atoms with Crippen molar-refractivity contribution in [1.29, 1.82) is 0 Å². The number of fused-ring (bicyclic) bond motifs is 1. The Kier molecular flexibility index (Phi) is 4.79. The fourth-order valence-corrected chi connectivity index (χ4v) is 4.11. The number of aromatic nitrogens is 1. The third-order valence-electron chi connectivity index (χ3n) is 5.28. The van der Waals surface area contributed by atoms with E-state index in [-0.39, 0.29) is 0 Å². The first-order valence-corrected chi connectivity index (χ1v) is 8.75. The second kappa shape index (κ2) is 6.78. The second-order valence-corrected chi connectivity index (χ2v) is 6.82. The molecular weight excluding hydrogens is 258 g/mol. The monoisotopic (exact) mass is 287 g/mol. The molecule has 1 aliphatic carbocycles. The van der Waals surface area contributed by atoms with Crippen LogP contribution in [0.3, 0.4) is 0 Å². The van der Waals surface area contributed by atoms with E-state index in [2.05, 4.69) is 24.0 Å². The minimum Gasteiger partial charge on any atom is -0.356 e. The van der Waals surface area contributed by atoms with Crippen LogP contribution in [0.2, 0.25) is 0 Å². The molecule has 21 heavy (non-hydrogen) atoms. The van der Waals surface area contributed by atoms with Crippen molar-refractivity contribution in [2.24, 2.45) is 17.6 Å². The number of rotatable bonds is 4. The second-order valence-electron chi connectivity index (χ2n) is 6.82. The maximum Gasteiger partial charge on any atom is 0.129 e. The van der Waals surface area contributed by atoms with Gasteiger partial charge in [0.2, 0.25) is 0 Å². The quantitative estimate of drug-likeness (QED) is 0.921. The van der Waals surface area contributed by atoms with Crippen molar-refractivity contribution in [2.75, 3.05) is 18.0 Å². The van der Waals surface area contributed by atoms with Gasteiger partial charge in [-0.2, -0.15) is 0 Å². The molecule has 1 aromatic rings. The molecule has 0 bridgehead atoms. The van der Waals surface area contributed by atoms with E-state index in [0.717, 1.165) is 24.7 Å². The highest BCUT2D eigenvalue weighted by atomic mass is 15.2. The van der Waals surface area contributed by atoms with Gasteiger partial charge in [0.25, 0.3) is 0 Å². The molecule has 0 spiro atoms. The van der Waals surface area contributed by atoms with Crippen LogP contribution in [-0.2, 0) is 13.0 Å². The first-order valence-electron chi connectivity index (χ1n) is 8.75. The molecule has 116 valence electrons. The lowest BCUT2D eigenvalue weighted by molar-refractivity contribution is 0.202. The minimum atomic E-state index is 0.617. The SMILES string of the molecule is CCCc1cc(CN)cc(N2CCC3CCCCC3C2)n1. The standard InChI is InChI=1S/C18H29N3/c1-2-5-17-10-14(12-19)11-18(20-17)21-9-8-15-6-3-4-7-16(15)13-21/h10-11,15-16H,2-9,12-13,19H2,1H3. The highest BCUT2D eigenvalue weighted by Crippen LogP contribution is 2.37. The Hall–Kier alpha value is -1.09. The number of nitrogens with two attached hydrogens (primary N) is 1. The molecule has 2 aliphatic rings. The molecular formula is C18H29N3. The number of anilines is 1. The van der Waals surface area contributed by atoms with Crippen LogP contribution in [0.15, 0.2) is 12.1 Å². The van der Waals surface area contributed by atoms with Gasteiger partial charge in [-0.1, -0.05) is 32.6 Å². The lowest BCUT2D eigenvalue weighted by Gasteiger charge is -2.42. The van der Waals surface area contributed by atoms with E-state index in [4.69, 9.17) is 10.7 Å². The van der Waals surface area contributed by atoms with Crippen LogP contribution < -0.4 is 10.6 Å². The molecule has 1 aliphatic heterocycles. The molecule has 3 nitrogen and oxygen atoms in total. The lowest BCUT2D eigenvalue weighted by atomic mass is 9.75. The first kappa shape index (κ1) is 14.8. The summed E-state index contributed by atoms with van der Waals surface area (Å²) in [4.78, 5) is 7.42. The molecule has 1 saturated heterocycles. The van der Waals surface area contributed by atoms with Crippen LogP contribution >= 0.6 is 0 Å². The van der Waals surface area contributed by atoms with Crippen LogP contribution in [-0.4, -0.2) is 18.1 Å². The first-order chi connectivity index (χ1) is 10.3. The average Bonchev–Trinajstić information content (AvgIpc) is 2.54. The predicted molar refractivity (Wildman–Crippen MR) is 88.4 cm³/mol. The number of hydrogen-bond acceptors (Lipinski definition) is 3. The Labute approximate surface area is 128 Å². The van der Waals surface area contributed by atoms with Crippen LogP contribution in [0.4, 0.5) is 5.82 Å². The number of aryl methyl sites for hydroxylation is 1. The molecule has 2 N–H and O–H groups in total. The number of nitrogens with zero attached hydrogens (tertiary/aromatic N) is 2. The van der Waals surface area contributed by atoms with Gasteiger partial charge in [0.05, 0.1) is 0 Å². The molecule has 2 atom stereocenters. The maximum absolute atomic E-state index is 5.87. The van der Waals surface area contributed by atoms with Crippen LogP contribution in [0.25, 0.3) is 0 Å². The molecule has 1 saturated carbocycles. The van der Waals surface area contributed by atoms with Crippen LogP contribution in [0.5, 0.6) is 0 Å². The summed E-state index contributed by atoms with van der Waals surface area (Å²) in [5, 5.41) is 0. The summed E-state index contributed by atoms with van der Waals surface area (Å²) in [6, 6.07) is 4.39. The lowest BCUT2D eigenvalue weighted by Crippen LogP contribution is -2.42. The van der Waals surface area contributed by atoms with E-state index in [1.165, 1.54) is 62.3 Å². The summed E-state index contributed by atoms with van der Waals surface area (Å²) < 4.78 is 0. The summed E-state index contributed by atoms with van der Waals surface area (Å²) in [6.45, 7) is 5.21. The van der Waals surface area contributed by atoms with Crippen molar-refractivity contribution >= 4 is 5.82 Å². The topological polar surface area (TPSA) is 42.1 Å². The molecule has 0 amide bonds. The Bertz CT molecular complexity index is 472. The van der Waals surface area contributed by atoms with E-state index in [0.29, 0.717) is 6.54 Å². The number of pyridine rings is 1. The molecule has 0 aromatic carbocycles. The zero-order valence-corrected chi connectivity index (χ0v) is 13.4. The molecule has 2 unspecified atom stereocenters. The van der Waals surface area contributed by atoms with Crippen molar-refractivity contribution in [3.05, 3.63) is 23.4 Å². The van der Waals surface area contributed by atoms with Gasteiger partial charge in [-0.25, -0.2) is 4.98 Å². The van der Waals surface area contributed by atoms with Crippen molar-refractivity contribution < 1.29 is 0 Å². The van der Waals surface area contributed by atoms with Gasteiger partial charge < -0.3 is 10.6 Å². The van der Waals surface area contributed by atoms with E-state index >= 15 is 0 Å². The van der Waals surface area contributed by atoms with E-state index in [1.54, 1.807) is 0 Å². The zero-order valence-electron chi connectivity index (χ0n) is 13.4. The van der Waals surface area contributed by atoms with Gasteiger partial charge in [-0.05, 0) is 48.8 Å². The van der Waals surface area contributed by atoms with Crippen molar-refractivity contribution in [3.63, 3.8) is 0 Å². The van der Waals surface area contributed by atoms with Crippen molar-refractivity contribution in [2.45, 2.75) is 58.4 Å². The molecule has 2 heterocycles. The average molecular weight is 287 g/mol. The molecule has 0 radical (unpaired) electrons. The highest BCUT2D eigenvalue weighted by Gasteiger charge is 2.31. The minimum absolute atomic E-state index is 0.617. The van der Waals surface area contributed by atoms with E-state index in [9.17, 15) is 0 Å². The number of hydrogen-bond donors (Lipinski definition) is 1. The Morgan fingerprint density at radius 1 is 1.19 bits per heavy atom. The van der Waals surface area contributed by atoms with Crippen molar-refractivity contribution in [1.82, 2.24) is 4.98 Å². The fourth-order valence-electron chi connectivity index (χ4n) is 4.11. The van der Waals surface area contributed by atoms with Crippen LogP contribution in [0, 0.1) is 11.8 Å². The van der Waals surface area contributed by atoms with Gasteiger partial charge in [0.1, 0.15) is 5.82 Å². The number of piperidine rings is 1. The zero-order chi connectivity index (χ0) is 14.7. The van der Waals surface area contributed by atoms with Crippen LogP contribution in [0.1, 0.15) is 56.7 Å². The summed E-state index contributed by atoms with van der Waals surface area (Å²) in [7, 11) is 0. The largest absolute Gasteiger partial charge is 0.356 e. The van der Waals surface area contributed by atoms with Gasteiger partial charge >= 0.3 is 0 Å².